The number of rotatable bonds is 14. The van der Waals surface area contributed by atoms with E-state index in [0.717, 1.165) is 36.0 Å². The number of benzene rings is 3. The lowest BCUT2D eigenvalue weighted by atomic mass is 9.84. The molecule has 2 N–H and O–H groups in total. The number of hydrogen-bond acceptors (Lipinski definition) is 6. The molecule has 0 aromatic heterocycles. The Kier molecular flexibility index (Phi) is 11.3. The van der Waals surface area contributed by atoms with Gasteiger partial charge in [-0.2, -0.15) is 0 Å². The summed E-state index contributed by atoms with van der Waals surface area (Å²) >= 11 is 0. The predicted molar refractivity (Wildman–Crippen MR) is 146 cm³/mol. The fourth-order valence-corrected chi connectivity index (χ4v) is 4.79. The van der Waals surface area contributed by atoms with Gasteiger partial charge in [0, 0.05) is 6.61 Å². The van der Waals surface area contributed by atoms with Crippen LogP contribution in [0, 0.1) is 0 Å². The van der Waals surface area contributed by atoms with Gasteiger partial charge < -0.3 is 29.2 Å². The normalized spacial score (nSPS) is 25.3. The SMILES string of the molecule is CCCCCO[C@H]1[C@@H](O)[C@@H](O)[C@H](OCc2ccccc2)[C@@H](OCc2ccccc2)[C@@H]1OCc1ccccc1. The molecule has 0 saturated heterocycles. The summed E-state index contributed by atoms with van der Waals surface area (Å²) in [5.41, 5.74) is 2.97. The third-order valence-electron chi connectivity index (χ3n) is 6.91. The van der Waals surface area contributed by atoms with Gasteiger partial charge in [0.15, 0.2) is 0 Å². The van der Waals surface area contributed by atoms with Gasteiger partial charge in [0.05, 0.1) is 19.8 Å². The lowest BCUT2D eigenvalue weighted by Crippen LogP contribution is -2.66. The summed E-state index contributed by atoms with van der Waals surface area (Å²) in [5.74, 6) is 0. The Bertz CT molecular complexity index is 1030. The molecule has 1 fully saturated rings. The molecule has 6 nitrogen and oxygen atoms in total. The largest absolute Gasteiger partial charge is 0.387 e. The average molecular weight is 521 g/mol. The van der Waals surface area contributed by atoms with Gasteiger partial charge in [0.25, 0.3) is 0 Å². The molecule has 204 valence electrons. The van der Waals surface area contributed by atoms with Crippen molar-refractivity contribution in [3.63, 3.8) is 0 Å². The summed E-state index contributed by atoms with van der Waals surface area (Å²) in [7, 11) is 0. The van der Waals surface area contributed by atoms with Crippen molar-refractivity contribution in [1.29, 1.82) is 0 Å². The van der Waals surface area contributed by atoms with Crippen LogP contribution in [-0.4, -0.2) is 53.4 Å². The molecule has 3 aromatic rings. The highest BCUT2D eigenvalue weighted by Gasteiger charge is 2.52. The van der Waals surface area contributed by atoms with Crippen molar-refractivity contribution in [3.8, 4) is 0 Å². The van der Waals surface area contributed by atoms with Crippen molar-refractivity contribution in [3.05, 3.63) is 108 Å². The fourth-order valence-electron chi connectivity index (χ4n) is 4.79. The zero-order valence-corrected chi connectivity index (χ0v) is 22.1. The van der Waals surface area contributed by atoms with Crippen LogP contribution >= 0.6 is 0 Å². The first-order valence-electron chi connectivity index (χ1n) is 13.6. The van der Waals surface area contributed by atoms with Gasteiger partial charge in [-0.25, -0.2) is 0 Å². The lowest BCUT2D eigenvalue weighted by Gasteiger charge is -2.47. The molecule has 0 heterocycles. The van der Waals surface area contributed by atoms with Crippen molar-refractivity contribution < 1.29 is 29.2 Å². The topological polar surface area (TPSA) is 77.4 Å². The van der Waals surface area contributed by atoms with Crippen LogP contribution in [0.25, 0.3) is 0 Å². The Hall–Kier alpha value is -2.58. The van der Waals surface area contributed by atoms with E-state index >= 15 is 0 Å². The first-order valence-corrected chi connectivity index (χ1v) is 13.6. The summed E-state index contributed by atoms with van der Waals surface area (Å²) in [5, 5.41) is 22.5. The molecular formula is C32H40O6. The van der Waals surface area contributed by atoms with E-state index in [0.29, 0.717) is 19.8 Å². The second-order valence-corrected chi connectivity index (χ2v) is 9.81. The Morgan fingerprint density at radius 3 is 1.26 bits per heavy atom. The van der Waals surface area contributed by atoms with E-state index in [1.165, 1.54) is 0 Å². The highest BCUT2D eigenvalue weighted by atomic mass is 16.6. The van der Waals surface area contributed by atoms with Crippen molar-refractivity contribution in [2.45, 2.75) is 82.6 Å². The molecule has 0 spiro atoms. The Morgan fingerprint density at radius 2 is 0.868 bits per heavy atom. The number of aliphatic hydroxyl groups is 2. The minimum Gasteiger partial charge on any atom is -0.387 e. The van der Waals surface area contributed by atoms with E-state index in [2.05, 4.69) is 6.92 Å². The molecule has 6 atom stereocenters. The summed E-state index contributed by atoms with van der Waals surface area (Å²) in [6.45, 7) is 3.50. The summed E-state index contributed by atoms with van der Waals surface area (Å²) in [6, 6.07) is 29.5. The number of hydrogen-bond donors (Lipinski definition) is 2. The molecule has 1 aliphatic carbocycles. The van der Waals surface area contributed by atoms with Crippen molar-refractivity contribution in [1.82, 2.24) is 0 Å². The Labute approximate surface area is 226 Å². The molecule has 0 amide bonds. The molecule has 38 heavy (non-hydrogen) atoms. The Balaban J connectivity index is 1.58. The van der Waals surface area contributed by atoms with Gasteiger partial charge in [-0.3, -0.25) is 0 Å². The van der Waals surface area contributed by atoms with Crippen LogP contribution < -0.4 is 0 Å². The van der Waals surface area contributed by atoms with Crippen LogP contribution in [0.5, 0.6) is 0 Å². The molecule has 1 aliphatic rings. The maximum absolute atomic E-state index is 11.3. The van der Waals surface area contributed by atoms with E-state index in [1.807, 2.05) is 91.0 Å². The highest BCUT2D eigenvalue weighted by molar-refractivity contribution is 5.16. The standard InChI is InChI=1S/C32H40O6/c1-2-3-13-20-35-29-27(33)28(34)30(36-21-24-14-7-4-8-15-24)32(38-23-26-18-11-6-12-19-26)31(29)37-22-25-16-9-5-10-17-25/h4-12,14-19,27-34H,2-3,13,20-23H2,1H3/t27-,28+,29-,30-,31+,32+/m0/s1. The number of ether oxygens (including phenoxy) is 4. The van der Waals surface area contributed by atoms with Crippen LogP contribution in [0.1, 0.15) is 42.9 Å². The zero-order chi connectivity index (χ0) is 26.6. The Morgan fingerprint density at radius 1 is 0.500 bits per heavy atom. The molecule has 3 aromatic carbocycles. The van der Waals surface area contributed by atoms with Crippen LogP contribution in [0.15, 0.2) is 91.0 Å². The van der Waals surface area contributed by atoms with E-state index < -0.39 is 36.6 Å². The molecule has 0 unspecified atom stereocenters. The molecular weight excluding hydrogens is 480 g/mol. The first-order chi connectivity index (χ1) is 18.7. The van der Waals surface area contributed by atoms with Crippen molar-refractivity contribution in [2.24, 2.45) is 0 Å². The number of unbranched alkanes of at least 4 members (excludes halogenated alkanes) is 2. The minimum atomic E-state index is -1.20. The smallest absolute Gasteiger partial charge is 0.116 e. The maximum Gasteiger partial charge on any atom is 0.116 e. The molecule has 1 saturated carbocycles. The first kappa shape index (κ1) is 28.4. The van der Waals surface area contributed by atoms with Crippen LogP contribution in [0.4, 0.5) is 0 Å². The third kappa shape index (κ3) is 7.96. The van der Waals surface area contributed by atoms with Gasteiger partial charge in [-0.1, -0.05) is 111 Å². The van der Waals surface area contributed by atoms with Crippen molar-refractivity contribution in [2.75, 3.05) is 6.61 Å². The lowest BCUT2D eigenvalue weighted by molar-refractivity contribution is -0.272. The van der Waals surface area contributed by atoms with Gasteiger partial charge in [-0.15, -0.1) is 0 Å². The van der Waals surface area contributed by atoms with E-state index in [-0.39, 0.29) is 6.61 Å². The summed E-state index contributed by atoms with van der Waals surface area (Å²) in [6.07, 6.45) is -2.33. The van der Waals surface area contributed by atoms with Gasteiger partial charge in [-0.05, 0) is 23.1 Å². The van der Waals surface area contributed by atoms with Crippen LogP contribution in [0.2, 0.25) is 0 Å². The average Bonchev–Trinajstić information content (AvgIpc) is 2.97. The van der Waals surface area contributed by atoms with Crippen LogP contribution in [-0.2, 0) is 38.8 Å². The molecule has 0 radical (unpaired) electrons. The molecule has 4 rings (SSSR count). The summed E-state index contributed by atoms with van der Waals surface area (Å²) in [4.78, 5) is 0. The maximum atomic E-state index is 11.3. The molecule has 0 bridgehead atoms. The quantitative estimate of drug-likeness (QED) is 0.290. The molecule has 6 heteroatoms. The predicted octanol–water partition coefficient (Wildman–Crippen LogP) is 5.05. The third-order valence-corrected chi connectivity index (χ3v) is 6.91. The monoisotopic (exact) mass is 520 g/mol. The zero-order valence-electron chi connectivity index (χ0n) is 22.1. The second-order valence-electron chi connectivity index (χ2n) is 9.81. The van der Waals surface area contributed by atoms with Gasteiger partial charge in [0.1, 0.15) is 36.6 Å². The highest BCUT2D eigenvalue weighted by Crippen LogP contribution is 2.32. The second kappa shape index (κ2) is 15.1. The summed E-state index contributed by atoms with van der Waals surface area (Å²) < 4.78 is 25.3. The fraction of sp³-hybridized carbons (Fsp3) is 0.438. The molecule has 0 aliphatic heterocycles. The van der Waals surface area contributed by atoms with E-state index in [1.54, 1.807) is 0 Å². The number of aliphatic hydroxyl groups excluding tert-OH is 2. The van der Waals surface area contributed by atoms with E-state index in [9.17, 15) is 10.2 Å². The minimum absolute atomic E-state index is 0.272. The van der Waals surface area contributed by atoms with E-state index in [4.69, 9.17) is 18.9 Å². The van der Waals surface area contributed by atoms with Crippen molar-refractivity contribution >= 4 is 0 Å². The van der Waals surface area contributed by atoms with Gasteiger partial charge in [0.2, 0.25) is 0 Å². The van der Waals surface area contributed by atoms with Gasteiger partial charge >= 0.3 is 0 Å². The van der Waals surface area contributed by atoms with Crippen LogP contribution in [0.3, 0.4) is 0 Å².